The van der Waals surface area contributed by atoms with Crippen molar-refractivity contribution in [1.82, 2.24) is 5.32 Å². The third kappa shape index (κ3) is 6.16. The third-order valence-corrected chi connectivity index (χ3v) is 3.58. The normalized spacial score (nSPS) is 13.8. The number of rotatable bonds is 5. The van der Waals surface area contributed by atoms with Crippen LogP contribution in [0.15, 0.2) is 30.3 Å². The highest BCUT2D eigenvalue weighted by Gasteiger charge is 2.26. The summed E-state index contributed by atoms with van der Waals surface area (Å²) in [5.74, 6) is -0.744. The van der Waals surface area contributed by atoms with E-state index in [0.717, 1.165) is 5.56 Å². The Morgan fingerprint density at radius 2 is 1.80 bits per heavy atom. The summed E-state index contributed by atoms with van der Waals surface area (Å²) in [4.78, 5) is 12.0. The molecule has 0 spiro atoms. The number of hydrogen-bond donors (Lipinski definition) is 2. The number of benzene rings is 1. The fourth-order valence-corrected chi connectivity index (χ4v) is 2.42. The minimum absolute atomic E-state index is 0.248. The van der Waals surface area contributed by atoms with E-state index in [0.29, 0.717) is 6.42 Å². The first-order chi connectivity index (χ1) is 9.08. The van der Waals surface area contributed by atoms with Gasteiger partial charge >= 0.3 is 0 Å². The maximum Gasteiger partial charge on any atom is 0.266 e. The second kappa shape index (κ2) is 6.37. The molecule has 6 heteroatoms. The Morgan fingerprint density at radius 1 is 1.25 bits per heavy atom. The average molecular weight is 299 g/mol. The van der Waals surface area contributed by atoms with E-state index in [-0.39, 0.29) is 5.91 Å². The Bertz CT molecular complexity index is 546. The second-order valence-electron chi connectivity index (χ2n) is 5.86. The number of carbonyl (C=O) groups excluding carboxylic acids is 1. The second-order valence-corrected chi connectivity index (χ2v) is 7.36. The van der Waals surface area contributed by atoms with Gasteiger partial charge in [0.05, 0.1) is 5.75 Å². The van der Waals surface area contributed by atoms with Crippen LogP contribution < -0.4 is 5.32 Å². The van der Waals surface area contributed by atoms with Gasteiger partial charge in [-0.2, -0.15) is 8.42 Å². The van der Waals surface area contributed by atoms with Crippen LogP contribution in [-0.4, -0.2) is 30.7 Å². The van der Waals surface area contributed by atoms with Crippen LogP contribution in [0, 0.1) is 5.41 Å². The summed E-state index contributed by atoms with van der Waals surface area (Å²) in [5, 5.41) is 2.68. The predicted molar refractivity (Wildman–Crippen MR) is 77.9 cm³/mol. The minimum atomic E-state index is -4.15. The number of nitrogens with one attached hydrogen (secondary N) is 1. The van der Waals surface area contributed by atoms with E-state index in [2.05, 4.69) is 5.32 Å². The molecule has 0 saturated carbocycles. The van der Waals surface area contributed by atoms with Crippen molar-refractivity contribution in [1.29, 1.82) is 0 Å². The van der Waals surface area contributed by atoms with Crippen molar-refractivity contribution in [2.75, 3.05) is 5.75 Å². The highest BCUT2D eigenvalue weighted by atomic mass is 32.2. The lowest BCUT2D eigenvalue weighted by molar-refractivity contribution is -0.129. The molecule has 5 nitrogen and oxygen atoms in total. The molecule has 0 aliphatic carbocycles. The summed E-state index contributed by atoms with van der Waals surface area (Å²) in [6.07, 6.45) is 0.350. The zero-order chi connectivity index (χ0) is 15.4. The summed E-state index contributed by atoms with van der Waals surface area (Å²) in [6.45, 7) is 5.24. The molecule has 1 atom stereocenters. The van der Waals surface area contributed by atoms with E-state index in [1.54, 1.807) is 20.8 Å². The topological polar surface area (TPSA) is 83.5 Å². The van der Waals surface area contributed by atoms with Gasteiger partial charge in [-0.3, -0.25) is 9.35 Å². The number of amides is 1. The first kappa shape index (κ1) is 16.7. The molecule has 0 aliphatic rings. The van der Waals surface area contributed by atoms with Crippen LogP contribution >= 0.6 is 0 Å². The first-order valence-electron chi connectivity index (χ1n) is 6.38. The number of hydrogen-bond acceptors (Lipinski definition) is 3. The third-order valence-electron chi connectivity index (χ3n) is 2.75. The van der Waals surface area contributed by atoms with Gasteiger partial charge in [-0.05, 0) is 12.0 Å². The molecule has 0 aliphatic heterocycles. The standard InChI is InChI=1S/C14H21NO4S/c1-14(2,3)13(16)15-12(10-20(17,18)19)9-11-7-5-4-6-8-11/h4-8,12H,9-10H2,1-3H3,(H,15,16)(H,17,18,19)/t12-/m0/s1. The summed E-state index contributed by atoms with van der Waals surface area (Å²) in [6, 6.07) is 8.57. The van der Waals surface area contributed by atoms with Crippen molar-refractivity contribution in [3.8, 4) is 0 Å². The molecule has 0 aromatic heterocycles. The van der Waals surface area contributed by atoms with Gasteiger partial charge < -0.3 is 5.32 Å². The van der Waals surface area contributed by atoms with Crippen molar-refractivity contribution in [3.05, 3.63) is 35.9 Å². The van der Waals surface area contributed by atoms with Gasteiger partial charge in [0.25, 0.3) is 10.1 Å². The Kier molecular flexibility index (Phi) is 5.30. The van der Waals surface area contributed by atoms with Gasteiger partial charge in [-0.15, -0.1) is 0 Å². The molecule has 0 radical (unpaired) electrons. The molecule has 112 valence electrons. The fraction of sp³-hybridized carbons (Fsp3) is 0.500. The molecular weight excluding hydrogens is 278 g/mol. The van der Waals surface area contributed by atoms with Crippen LogP contribution in [0.3, 0.4) is 0 Å². The van der Waals surface area contributed by atoms with Crippen LogP contribution in [0.4, 0.5) is 0 Å². The molecule has 2 N–H and O–H groups in total. The molecule has 0 fully saturated rings. The van der Waals surface area contributed by atoms with Gasteiger partial charge in [0, 0.05) is 11.5 Å². The van der Waals surface area contributed by atoms with E-state index in [1.165, 1.54) is 0 Å². The van der Waals surface area contributed by atoms with E-state index in [4.69, 9.17) is 4.55 Å². The largest absolute Gasteiger partial charge is 0.351 e. The molecule has 1 aromatic carbocycles. The van der Waals surface area contributed by atoms with Crippen molar-refractivity contribution in [2.24, 2.45) is 5.41 Å². The molecule has 20 heavy (non-hydrogen) atoms. The number of carbonyl (C=O) groups is 1. The molecule has 0 unspecified atom stereocenters. The summed E-state index contributed by atoms with van der Waals surface area (Å²) in [7, 11) is -4.15. The van der Waals surface area contributed by atoms with Crippen LogP contribution in [0.1, 0.15) is 26.3 Å². The van der Waals surface area contributed by atoms with Crippen LogP contribution in [-0.2, 0) is 21.3 Å². The highest BCUT2D eigenvalue weighted by molar-refractivity contribution is 7.85. The lowest BCUT2D eigenvalue weighted by Gasteiger charge is -2.23. The van der Waals surface area contributed by atoms with Crippen molar-refractivity contribution in [3.63, 3.8) is 0 Å². The smallest absolute Gasteiger partial charge is 0.266 e. The van der Waals surface area contributed by atoms with Crippen molar-refractivity contribution >= 4 is 16.0 Å². The van der Waals surface area contributed by atoms with Crippen molar-refractivity contribution in [2.45, 2.75) is 33.2 Å². The molecule has 0 bridgehead atoms. The Morgan fingerprint density at radius 3 is 2.25 bits per heavy atom. The molecule has 1 amide bonds. The van der Waals surface area contributed by atoms with E-state index >= 15 is 0 Å². The van der Waals surface area contributed by atoms with Gasteiger partial charge in [0.15, 0.2) is 0 Å². The maximum atomic E-state index is 12.0. The fourth-order valence-electron chi connectivity index (χ4n) is 1.71. The highest BCUT2D eigenvalue weighted by Crippen LogP contribution is 2.14. The molecular formula is C14H21NO4S. The van der Waals surface area contributed by atoms with Crippen LogP contribution in [0.5, 0.6) is 0 Å². The predicted octanol–water partition coefficient (Wildman–Crippen LogP) is 1.65. The minimum Gasteiger partial charge on any atom is -0.351 e. The van der Waals surface area contributed by atoms with Crippen LogP contribution in [0.2, 0.25) is 0 Å². The molecule has 1 aromatic rings. The van der Waals surface area contributed by atoms with E-state index < -0.39 is 27.3 Å². The molecule has 1 rings (SSSR count). The summed E-state index contributed by atoms with van der Waals surface area (Å²) >= 11 is 0. The van der Waals surface area contributed by atoms with E-state index in [1.807, 2.05) is 30.3 Å². The lowest BCUT2D eigenvalue weighted by Crippen LogP contribution is -2.46. The quantitative estimate of drug-likeness (QED) is 0.810. The summed E-state index contributed by atoms with van der Waals surface area (Å²) < 4.78 is 31.1. The van der Waals surface area contributed by atoms with Gasteiger partial charge in [0.2, 0.25) is 5.91 Å². The Labute approximate surface area is 120 Å². The SMILES string of the molecule is CC(C)(C)C(=O)N[C@@H](Cc1ccccc1)CS(=O)(=O)O. The Hall–Kier alpha value is -1.40. The molecule has 0 heterocycles. The van der Waals surface area contributed by atoms with Gasteiger partial charge in [-0.25, -0.2) is 0 Å². The zero-order valence-corrected chi connectivity index (χ0v) is 12.8. The van der Waals surface area contributed by atoms with Crippen molar-refractivity contribution < 1.29 is 17.8 Å². The lowest BCUT2D eigenvalue weighted by atomic mass is 9.95. The van der Waals surface area contributed by atoms with E-state index in [9.17, 15) is 13.2 Å². The van der Waals surface area contributed by atoms with Crippen LogP contribution in [0.25, 0.3) is 0 Å². The Balaban J connectivity index is 2.83. The first-order valence-corrected chi connectivity index (χ1v) is 7.99. The zero-order valence-electron chi connectivity index (χ0n) is 12.0. The average Bonchev–Trinajstić information content (AvgIpc) is 2.26. The van der Waals surface area contributed by atoms with Gasteiger partial charge in [0.1, 0.15) is 0 Å². The summed E-state index contributed by atoms with van der Waals surface area (Å²) in [5.41, 5.74) is 0.282. The maximum absolute atomic E-state index is 12.0. The monoisotopic (exact) mass is 299 g/mol. The molecule has 0 saturated heterocycles. The van der Waals surface area contributed by atoms with Gasteiger partial charge in [-0.1, -0.05) is 51.1 Å².